The molecule has 9 nitrogen and oxygen atoms in total. The molecule has 0 bridgehead atoms. The average Bonchev–Trinajstić information content (AvgIpc) is 3.29. The molecule has 1 N–H and O–H groups in total. The minimum absolute atomic E-state index is 0.182. The molecular formula is C22H22ClN7O2. The van der Waals surface area contributed by atoms with E-state index in [2.05, 4.69) is 30.8 Å². The van der Waals surface area contributed by atoms with Gasteiger partial charge in [-0.15, -0.1) is 5.10 Å². The van der Waals surface area contributed by atoms with Gasteiger partial charge >= 0.3 is 0 Å². The summed E-state index contributed by atoms with van der Waals surface area (Å²) in [4.78, 5) is 8.88. The van der Waals surface area contributed by atoms with Crippen LogP contribution in [0.1, 0.15) is 12.5 Å². The number of aromatic nitrogens is 6. The molecule has 0 spiro atoms. The molecular weight excluding hydrogens is 430 g/mol. The molecule has 0 aliphatic heterocycles. The fraction of sp³-hybridized carbons (Fsp3) is 0.227. The molecule has 32 heavy (non-hydrogen) atoms. The van der Waals surface area contributed by atoms with Gasteiger partial charge in [-0.25, -0.2) is 14.6 Å². The third-order valence-electron chi connectivity index (χ3n) is 4.68. The van der Waals surface area contributed by atoms with Gasteiger partial charge < -0.3 is 14.8 Å². The van der Waals surface area contributed by atoms with Crippen LogP contribution in [0.3, 0.4) is 0 Å². The van der Waals surface area contributed by atoms with Gasteiger partial charge in [0.25, 0.3) is 0 Å². The second-order valence-corrected chi connectivity index (χ2v) is 7.64. The maximum atomic E-state index is 6.34. The van der Waals surface area contributed by atoms with E-state index in [1.807, 2.05) is 44.2 Å². The SMILES string of the molecule is COc1ccc(C)cc1Nc1ncc(-c2ccc(Cl)c(OC(C)Cn3cnnn3)c2)cn1. The number of hydrogen-bond acceptors (Lipinski definition) is 8. The predicted octanol–water partition coefficient (Wildman–Crippen LogP) is 4.31. The van der Waals surface area contributed by atoms with Crippen LogP contribution < -0.4 is 14.8 Å². The first-order valence-electron chi connectivity index (χ1n) is 9.93. The molecule has 2 aromatic heterocycles. The average molecular weight is 452 g/mol. The Balaban J connectivity index is 1.49. The van der Waals surface area contributed by atoms with Gasteiger partial charge in [0.05, 0.1) is 24.4 Å². The third kappa shape index (κ3) is 5.12. The minimum atomic E-state index is -0.182. The summed E-state index contributed by atoms with van der Waals surface area (Å²) in [5.74, 6) is 1.76. The summed E-state index contributed by atoms with van der Waals surface area (Å²) in [6, 6.07) is 11.4. The highest BCUT2D eigenvalue weighted by Gasteiger charge is 2.12. The maximum absolute atomic E-state index is 6.34. The number of halogens is 1. The lowest BCUT2D eigenvalue weighted by atomic mass is 10.1. The van der Waals surface area contributed by atoms with Crippen LogP contribution >= 0.6 is 11.6 Å². The van der Waals surface area contributed by atoms with Crippen molar-refractivity contribution < 1.29 is 9.47 Å². The van der Waals surface area contributed by atoms with Gasteiger partial charge in [0.1, 0.15) is 23.9 Å². The molecule has 0 amide bonds. The first kappa shape index (κ1) is 21.5. The van der Waals surface area contributed by atoms with Crippen molar-refractivity contribution >= 4 is 23.2 Å². The van der Waals surface area contributed by atoms with E-state index in [-0.39, 0.29) is 6.10 Å². The molecule has 4 rings (SSSR count). The van der Waals surface area contributed by atoms with E-state index in [9.17, 15) is 0 Å². The Morgan fingerprint density at radius 2 is 1.88 bits per heavy atom. The molecule has 10 heteroatoms. The van der Waals surface area contributed by atoms with Crippen molar-refractivity contribution in [2.75, 3.05) is 12.4 Å². The number of methoxy groups -OCH3 is 1. The second kappa shape index (κ2) is 9.61. The summed E-state index contributed by atoms with van der Waals surface area (Å²) < 4.78 is 13.0. The Labute approximate surface area is 190 Å². The van der Waals surface area contributed by atoms with Crippen molar-refractivity contribution in [3.8, 4) is 22.6 Å². The smallest absolute Gasteiger partial charge is 0.227 e. The molecule has 0 fully saturated rings. The Kier molecular flexibility index (Phi) is 6.46. The van der Waals surface area contributed by atoms with Gasteiger partial charge in [-0.1, -0.05) is 23.7 Å². The fourth-order valence-corrected chi connectivity index (χ4v) is 3.30. The Bertz CT molecular complexity index is 1180. The highest BCUT2D eigenvalue weighted by Crippen LogP contribution is 2.32. The first-order chi connectivity index (χ1) is 15.5. The zero-order valence-electron chi connectivity index (χ0n) is 17.9. The lowest BCUT2D eigenvalue weighted by molar-refractivity contribution is 0.193. The van der Waals surface area contributed by atoms with Crippen LogP contribution in [0.2, 0.25) is 5.02 Å². The molecule has 1 unspecified atom stereocenters. The Morgan fingerprint density at radius 1 is 1.06 bits per heavy atom. The number of tetrazole rings is 1. The molecule has 0 aliphatic carbocycles. The van der Waals surface area contributed by atoms with Crippen molar-refractivity contribution in [2.45, 2.75) is 26.5 Å². The number of benzene rings is 2. The Morgan fingerprint density at radius 3 is 2.59 bits per heavy atom. The van der Waals surface area contributed by atoms with Crippen molar-refractivity contribution in [1.82, 2.24) is 30.2 Å². The van der Waals surface area contributed by atoms with E-state index in [1.165, 1.54) is 6.33 Å². The topological polar surface area (TPSA) is 99.9 Å². The molecule has 1 atom stereocenters. The molecule has 2 heterocycles. The van der Waals surface area contributed by atoms with E-state index in [0.717, 1.165) is 28.1 Å². The number of hydrogen-bond donors (Lipinski definition) is 1. The van der Waals surface area contributed by atoms with Crippen LogP contribution in [0.25, 0.3) is 11.1 Å². The summed E-state index contributed by atoms with van der Waals surface area (Å²) in [7, 11) is 1.63. The van der Waals surface area contributed by atoms with Crippen molar-refractivity contribution in [2.24, 2.45) is 0 Å². The van der Waals surface area contributed by atoms with Gasteiger partial charge in [-0.3, -0.25) is 0 Å². The fourth-order valence-electron chi connectivity index (χ4n) is 3.14. The number of nitrogens with zero attached hydrogens (tertiary/aromatic N) is 6. The van der Waals surface area contributed by atoms with Crippen LogP contribution in [0, 0.1) is 6.92 Å². The van der Waals surface area contributed by atoms with Crippen LogP contribution in [-0.4, -0.2) is 43.4 Å². The molecule has 164 valence electrons. The third-order valence-corrected chi connectivity index (χ3v) is 4.99. The lowest BCUT2D eigenvalue weighted by Crippen LogP contribution is -2.20. The number of ether oxygens (including phenoxy) is 2. The number of rotatable bonds is 8. The quantitative estimate of drug-likeness (QED) is 0.423. The largest absolute Gasteiger partial charge is 0.495 e. The summed E-state index contributed by atoms with van der Waals surface area (Å²) in [6.07, 6.45) is 4.85. The van der Waals surface area contributed by atoms with Gasteiger partial charge in [0.15, 0.2) is 0 Å². The molecule has 0 saturated heterocycles. The van der Waals surface area contributed by atoms with Crippen molar-refractivity contribution in [3.05, 3.63) is 65.7 Å². The van der Waals surface area contributed by atoms with Crippen molar-refractivity contribution in [1.29, 1.82) is 0 Å². The summed E-state index contributed by atoms with van der Waals surface area (Å²) in [6.45, 7) is 4.44. The van der Waals surface area contributed by atoms with Crippen molar-refractivity contribution in [3.63, 3.8) is 0 Å². The summed E-state index contributed by atoms with van der Waals surface area (Å²) in [5, 5.41) is 14.8. The van der Waals surface area contributed by atoms with Crippen LogP contribution in [0.5, 0.6) is 11.5 Å². The molecule has 0 radical (unpaired) electrons. The maximum Gasteiger partial charge on any atom is 0.227 e. The van der Waals surface area contributed by atoms with E-state index >= 15 is 0 Å². The van der Waals surface area contributed by atoms with E-state index in [1.54, 1.807) is 30.3 Å². The zero-order chi connectivity index (χ0) is 22.5. The minimum Gasteiger partial charge on any atom is -0.495 e. The summed E-state index contributed by atoms with van der Waals surface area (Å²) >= 11 is 6.34. The molecule has 2 aromatic carbocycles. The normalized spacial score (nSPS) is 11.8. The van der Waals surface area contributed by atoms with Gasteiger partial charge in [0.2, 0.25) is 5.95 Å². The lowest BCUT2D eigenvalue weighted by Gasteiger charge is -2.16. The van der Waals surface area contributed by atoms with Gasteiger partial charge in [-0.2, -0.15) is 0 Å². The van der Waals surface area contributed by atoms with Gasteiger partial charge in [0, 0.05) is 18.0 Å². The second-order valence-electron chi connectivity index (χ2n) is 7.23. The number of aryl methyl sites for hydroxylation is 1. The zero-order valence-corrected chi connectivity index (χ0v) is 18.6. The van der Waals surface area contributed by atoms with Crippen LogP contribution in [0.4, 0.5) is 11.6 Å². The molecule has 0 saturated carbocycles. The predicted molar refractivity (Wildman–Crippen MR) is 121 cm³/mol. The van der Waals surface area contributed by atoms with E-state index in [0.29, 0.717) is 23.3 Å². The van der Waals surface area contributed by atoms with Crippen LogP contribution in [-0.2, 0) is 6.54 Å². The van der Waals surface area contributed by atoms with Crippen LogP contribution in [0.15, 0.2) is 55.1 Å². The van der Waals surface area contributed by atoms with Gasteiger partial charge in [-0.05, 0) is 59.7 Å². The number of anilines is 2. The highest BCUT2D eigenvalue weighted by molar-refractivity contribution is 6.32. The number of nitrogens with one attached hydrogen (secondary N) is 1. The van der Waals surface area contributed by atoms with E-state index < -0.39 is 0 Å². The Hall–Kier alpha value is -3.72. The molecule has 4 aromatic rings. The summed E-state index contributed by atoms with van der Waals surface area (Å²) in [5.41, 5.74) is 3.63. The monoisotopic (exact) mass is 451 g/mol. The van der Waals surface area contributed by atoms with E-state index in [4.69, 9.17) is 21.1 Å². The first-order valence-corrected chi connectivity index (χ1v) is 10.3. The standard InChI is InChI=1S/C22H22ClN7O2/c1-14-4-7-20(31-3)19(8-14)27-22-24-10-17(11-25-22)16-5-6-18(23)21(9-16)32-15(2)12-30-13-26-28-29-30/h4-11,13,15H,12H2,1-3H3,(H,24,25,27). The molecule has 0 aliphatic rings. The highest BCUT2D eigenvalue weighted by atomic mass is 35.5.